The van der Waals surface area contributed by atoms with Gasteiger partial charge in [-0.3, -0.25) is 0 Å². The van der Waals surface area contributed by atoms with E-state index in [2.05, 4.69) is 35.8 Å². The van der Waals surface area contributed by atoms with Gasteiger partial charge in [-0.15, -0.1) is 0 Å². The van der Waals surface area contributed by atoms with Crippen LogP contribution in [-0.2, 0) is 16.0 Å². The van der Waals surface area contributed by atoms with E-state index in [1.54, 1.807) is 0 Å². The number of para-hydroxylation sites is 1. The van der Waals surface area contributed by atoms with E-state index in [0.717, 1.165) is 75.0 Å². The van der Waals surface area contributed by atoms with Gasteiger partial charge in [-0.2, -0.15) is 0 Å². The van der Waals surface area contributed by atoms with Gasteiger partial charge in [0.15, 0.2) is 5.96 Å². The van der Waals surface area contributed by atoms with Gasteiger partial charge in [0.05, 0.1) is 25.3 Å². The lowest BCUT2D eigenvalue weighted by Gasteiger charge is -2.15. The number of hydrogen-bond donors (Lipinski definition) is 2. The van der Waals surface area contributed by atoms with Crippen molar-refractivity contribution in [2.45, 2.75) is 26.3 Å². The van der Waals surface area contributed by atoms with Gasteiger partial charge in [-0.05, 0) is 37.5 Å². The van der Waals surface area contributed by atoms with Gasteiger partial charge < -0.3 is 25.0 Å². The Morgan fingerprint density at radius 1 is 1.30 bits per heavy atom. The maximum Gasteiger partial charge on any atom is 0.191 e. The zero-order valence-electron chi connectivity index (χ0n) is 18.5. The fourth-order valence-corrected chi connectivity index (χ4v) is 3.44. The van der Waals surface area contributed by atoms with E-state index >= 15 is 0 Å². The third kappa shape index (κ3) is 6.57. The van der Waals surface area contributed by atoms with Gasteiger partial charge in [-0.25, -0.2) is 9.98 Å². The summed E-state index contributed by atoms with van der Waals surface area (Å²) in [7, 11) is 4.02. The van der Waals surface area contributed by atoms with Crippen LogP contribution in [0.3, 0.4) is 0 Å². The van der Waals surface area contributed by atoms with Crippen LogP contribution >= 0.6 is 0 Å². The zero-order valence-corrected chi connectivity index (χ0v) is 18.5. The highest BCUT2D eigenvalue weighted by Gasteiger charge is 2.15. The van der Waals surface area contributed by atoms with Crippen LogP contribution in [0, 0.1) is 5.92 Å². The van der Waals surface area contributed by atoms with Crippen molar-refractivity contribution >= 4 is 22.7 Å². The first-order chi connectivity index (χ1) is 14.7. The number of aromatic nitrogens is 1. The second-order valence-corrected chi connectivity index (χ2v) is 7.83. The number of guanidine groups is 1. The van der Waals surface area contributed by atoms with E-state index in [1.807, 2.05) is 31.1 Å². The van der Waals surface area contributed by atoms with Crippen molar-refractivity contribution in [3.05, 3.63) is 35.9 Å². The molecule has 0 spiro atoms. The molecular formula is C23H35N5O2. The van der Waals surface area contributed by atoms with E-state index in [4.69, 9.17) is 19.5 Å². The van der Waals surface area contributed by atoms with Crippen molar-refractivity contribution in [1.29, 1.82) is 0 Å². The predicted octanol–water partition coefficient (Wildman–Crippen LogP) is 2.80. The van der Waals surface area contributed by atoms with E-state index < -0.39 is 0 Å². The van der Waals surface area contributed by atoms with Gasteiger partial charge in [0.2, 0.25) is 0 Å². The maximum atomic E-state index is 5.78. The molecule has 2 N–H and O–H groups in total. The largest absolute Gasteiger partial charge is 0.381 e. The maximum absolute atomic E-state index is 5.78. The van der Waals surface area contributed by atoms with Crippen LogP contribution in [0.5, 0.6) is 0 Å². The second kappa shape index (κ2) is 11.7. The smallest absolute Gasteiger partial charge is 0.191 e. The quantitative estimate of drug-likeness (QED) is 0.355. The van der Waals surface area contributed by atoms with Crippen molar-refractivity contribution in [1.82, 2.24) is 15.6 Å². The molecule has 1 unspecified atom stereocenters. The highest BCUT2D eigenvalue weighted by molar-refractivity contribution is 5.85. The lowest BCUT2D eigenvalue weighted by molar-refractivity contribution is 0.0888. The molecule has 164 valence electrons. The predicted molar refractivity (Wildman–Crippen MR) is 123 cm³/mol. The summed E-state index contributed by atoms with van der Waals surface area (Å²) in [5, 5.41) is 7.89. The molecule has 30 heavy (non-hydrogen) atoms. The molecule has 0 bridgehead atoms. The van der Waals surface area contributed by atoms with Gasteiger partial charge in [0.25, 0.3) is 0 Å². The van der Waals surface area contributed by atoms with Crippen LogP contribution in [0.25, 0.3) is 10.9 Å². The summed E-state index contributed by atoms with van der Waals surface area (Å²) in [6, 6.07) is 10.4. The minimum absolute atomic E-state index is 0.569. The Balaban J connectivity index is 1.55. The highest BCUT2D eigenvalue weighted by atomic mass is 16.5. The number of aliphatic imine (C=N–C) groups is 1. The first kappa shape index (κ1) is 22.3. The molecule has 2 heterocycles. The van der Waals surface area contributed by atoms with Crippen LogP contribution in [0.1, 0.15) is 25.3 Å². The number of nitrogens with one attached hydrogen (secondary N) is 2. The molecule has 1 saturated heterocycles. The Morgan fingerprint density at radius 3 is 2.93 bits per heavy atom. The molecule has 1 aromatic carbocycles. The zero-order chi connectivity index (χ0) is 21.2. The van der Waals surface area contributed by atoms with Crippen LogP contribution in [0.4, 0.5) is 5.82 Å². The molecule has 1 atom stereocenters. The van der Waals surface area contributed by atoms with Crippen molar-refractivity contribution in [3.8, 4) is 0 Å². The molecule has 2 aromatic rings. The summed E-state index contributed by atoms with van der Waals surface area (Å²) in [6.07, 6.45) is 2.07. The summed E-state index contributed by atoms with van der Waals surface area (Å²) in [4.78, 5) is 11.6. The number of ether oxygens (including phenoxy) is 2. The molecule has 0 saturated carbocycles. The van der Waals surface area contributed by atoms with Crippen molar-refractivity contribution in [3.63, 3.8) is 0 Å². The third-order valence-electron chi connectivity index (χ3n) is 5.13. The molecule has 1 aliphatic rings. The standard InChI is InChI=1S/C23H35N5O2/c1-4-24-23(25-11-7-12-29-16-18-10-13-30-17-18)26-15-19-14-22(28(2)3)27-21-9-6-5-8-20(19)21/h5-6,8-9,14,18H,4,7,10-13,15-17H2,1-3H3,(H2,24,25,26). The fourth-order valence-electron chi connectivity index (χ4n) is 3.44. The normalized spacial score (nSPS) is 16.8. The second-order valence-electron chi connectivity index (χ2n) is 7.83. The first-order valence-electron chi connectivity index (χ1n) is 10.9. The van der Waals surface area contributed by atoms with Crippen LogP contribution < -0.4 is 15.5 Å². The third-order valence-corrected chi connectivity index (χ3v) is 5.13. The molecule has 7 heteroatoms. The molecule has 3 rings (SSSR count). The number of hydrogen-bond acceptors (Lipinski definition) is 5. The molecule has 0 amide bonds. The van der Waals surface area contributed by atoms with Gasteiger partial charge in [0, 0.05) is 51.7 Å². The Morgan fingerprint density at radius 2 is 2.17 bits per heavy atom. The van der Waals surface area contributed by atoms with Gasteiger partial charge >= 0.3 is 0 Å². The molecule has 0 radical (unpaired) electrons. The average molecular weight is 414 g/mol. The summed E-state index contributed by atoms with van der Waals surface area (Å²) in [6.45, 7) is 7.60. The highest BCUT2D eigenvalue weighted by Crippen LogP contribution is 2.22. The average Bonchev–Trinajstić information content (AvgIpc) is 3.27. The molecule has 7 nitrogen and oxygen atoms in total. The van der Waals surface area contributed by atoms with Crippen LogP contribution in [0.2, 0.25) is 0 Å². The Hall–Kier alpha value is -2.38. The lowest BCUT2D eigenvalue weighted by atomic mass is 10.1. The van der Waals surface area contributed by atoms with Crippen LogP contribution in [0.15, 0.2) is 35.3 Å². The number of fused-ring (bicyclic) bond motifs is 1. The Bertz CT molecular complexity index is 818. The number of anilines is 1. The van der Waals surface area contributed by atoms with Gasteiger partial charge in [-0.1, -0.05) is 18.2 Å². The Kier molecular flexibility index (Phi) is 8.71. The fraction of sp³-hybridized carbons (Fsp3) is 0.565. The molecule has 0 aliphatic carbocycles. The number of nitrogens with zero attached hydrogens (tertiary/aromatic N) is 3. The summed E-state index contributed by atoms with van der Waals surface area (Å²) < 4.78 is 11.2. The Labute approximate surface area is 179 Å². The van der Waals surface area contributed by atoms with Crippen LogP contribution in [-0.4, -0.2) is 64.6 Å². The summed E-state index contributed by atoms with van der Waals surface area (Å²) in [5.41, 5.74) is 2.17. The number of rotatable bonds is 10. The molecule has 1 fully saturated rings. The van der Waals surface area contributed by atoms with Crippen molar-refractivity contribution in [2.24, 2.45) is 10.9 Å². The van der Waals surface area contributed by atoms with Crippen molar-refractivity contribution < 1.29 is 9.47 Å². The minimum atomic E-state index is 0.569. The SMILES string of the molecule is CCNC(=NCc1cc(N(C)C)nc2ccccc12)NCCCOCC1CCOC1. The number of pyridine rings is 1. The topological polar surface area (TPSA) is 71.0 Å². The monoisotopic (exact) mass is 413 g/mol. The van der Waals surface area contributed by atoms with Crippen molar-refractivity contribution in [2.75, 3.05) is 58.5 Å². The molecule has 1 aromatic heterocycles. The number of benzene rings is 1. The van der Waals surface area contributed by atoms with E-state index in [1.165, 1.54) is 5.56 Å². The summed E-state index contributed by atoms with van der Waals surface area (Å²) in [5.74, 6) is 2.34. The molecular weight excluding hydrogens is 378 g/mol. The van der Waals surface area contributed by atoms with Gasteiger partial charge in [0.1, 0.15) is 5.82 Å². The van der Waals surface area contributed by atoms with E-state index in [0.29, 0.717) is 12.5 Å². The van der Waals surface area contributed by atoms with E-state index in [9.17, 15) is 0 Å². The lowest BCUT2D eigenvalue weighted by Crippen LogP contribution is -2.38. The van der Waals surface area contributed by atoms with E-state index in [-0.39, 0.29) is 0 Å². The molecule has 1 aliphatic heterocycles. The summed E-state index contributed by atoms with van der Waals surface area (Å²) >= 11 is 0. The minimum Gasteiger partial charge on any atom is -0.381 e. The first-order valence-corrected chi connectivity index (χ1v) is 10.9.